The van der Waals surface area contributed by atoms with E-state index in [2.05, 4.69) is 12.1 Å². The van der Waals surface area contributed by atoms with E-state index in [0.717, 1.165) is 22.3 Å². The van der Waals surface area contributed by atoms with Crippen molar-refractivity contribution in [2.24, 2.45) is 0 Å². The van der Waals surface area contributed by atoms with Crippen LogP contribution in [0.15, 0.2) is 48.5 Å². The first-order chi connectivity index (χ1) is 9.63. The summed E-state index contributed by atoms with van der Waals surface area (Å²) in [6.07, 6.45) is 0. The van der Waals surface area contributed by atoms with Gasteiger partial charge in [0.25, 0.3) is 0 Å². The minimum Gasteiger partial charge on any atom is -0.465 e. The Bertz CT molecular complexity index is 593. The van der Waals surface area contributed by atoms with Crippen molar-refractivity contribution >= 4 is 17.6 Å². The number of benzene rings is 2. The van der Waals surface area contributed by atoms with Crippen LogP contribution in [0.5, 0.6) is 0 Å². The van der Waals surface area contributed by atoms with Gasteiger partial charge in [-0.2, -0.15) is 0 Å². The predicted molar refractivity (Wildman–Crippen MR) is 81.8 cm³/mol. The first kappa shape index (κ1) is 14.6. The Morgan fingerprint density at radius 1 is 1.15 bits per heavy atom. The molecule has 0 spiro atoms. The van der Waals surface area contributed by atoms with E-state index in [1.807, 2.05) is 43.3 Å². The summed E-state index contributed by atoms with van der Waals surface area (Å²) < 4.78 is 4.96. The molecular formula is C17H17ClO2. The molecule has 0 heterocycles. The number of hydrogen-bond acceptors (Lipinski definition) is 2. The third-order valence-corrected chi connectivity index (χ3v) is 3.56. The number of ether oxygens (including phenoxy) is 1. The minimum atomic E-state index is -0.750. The highest BCUT2D eigenvalue weighted by molar-refractivity contribution is 6.30. The Hall–Kier alpha value is -1.80. The highest BCUT2D eigenvalue weighted by Crippen LogP contribution is 2.29. The molecule has 3 heteroatoms. The maximum atomic E-state index is 11.7. The number of carbonyl (C=O) groups excluding carboxylic acids is 1. The minimum absolute atomic E-state index is 0.337. The molecule has 2 rings (SSSR count). The van der Waals surface area contributed by atoms with Gasteiger partial charge in [-0.25, -0.2) is 0 Å². The Morgan fingerprint density at radius 2 is 1.85 bits per heavy atom. The first-order valence-electron chi connectivity index (χ1n) is 6.60. The Balaban J connectivity index is 2.29. The average Bonchev–Trinajstić information content (AvgIpc) is 2.47. The highest BCUT2D eigenvalue weighted by atomic mass is 35.5. The van der Waals surface area contributed by atoms with Gasteiger partial charge in [0.15, 0.2) is 5.38 Å². The summed E-state index contributed by atoms with van der Waals surface area (Å²) in [5, 5.41) is -0.750. The van der Waals surface area contributed by atoms with Crippen LogP contribution in [-0.4, -0.2) is 12.6 Å². The van der Waals surface area contributed by atoms with Gasteiger partial charge in [0.1, 0.15) is 0 Å². The van der Waals surface area contributed by atoms with Crippen molar-refractivity contribution in [3.63, 3.8) is 0 Å². The molecule has 20 heavy (non-hydrogen) atoms. The third kappa shape index (κ3) is 3.20. The number of halogens is 1. The summed E-state index contributed by atoms with van der Waals surface area (Å²) in [7, 11) is 0. The molecule has 0 fully saturated rings. The second-order valence-electron chi connectivity index (χ2n) is 4.55. The highest BCUT2D eigenvalue weighted by Gasteiger charge is 2.20. The van der Waals surface area contributed by atoms with Gasteiger partial charge in [0, 0.05) is 0 Å². The van der Waals surface area contributed by atoms with Crippen LogP contribution < -0.4 is 0 Å². The third-order valence-electron chi connectivity index (χ3n) is 3.14. The monoisotopic (exact) mass is 288 g/mol. The molecular weight excluding hydrogens is 272 g/mol. The number of alkyl halides is 1. The van der Waals surface area contributed by atoms with Crippen LogP contribution in [0.25, 0.3) is 11.1 Å². The molecule has 2 nitrogen and oxygen atoms in total. The Kier molecular flexibility index (Phi) is 4.80. The molecule has 0 N–H and O–H groups in total. The average molecular weight is 289 g/mol. The molecule has 0 saturated carbocycles. The van der Waals surface area contributed by atoms with Crippen LogP contribution in [0.1, 0.15) is 23.4 Å². The summed E-state index contributed by atoms with van der Waals surface area (Å²) in [5.41, 5.74) is 4.04. The van der Waals surface area contributed by atoms with E-state index >= 15 is 0 Å². The fourth-order valence-electron chi connectivity index (χ4n) is 2.11. The molecule has 0 bridgehead atoms. The van der Waals surface area contributed by atoms with Crippen LogP contribution in [-0.2, 0) is 9.53 Å². The number of esters is 1. The molecule has 0 radical (unpaired) electrons. The molecule has 1 atom stereocenters. The predicted octanol–water partition coefficient (Wildman–Crippen LogP) is 4.51. The normalized spacial score (nSPS) is 11.9. The van der Waals surface area contributed by atoms with Crippen LogP contribution in [0, 0.1) is 6.92 Å². The topological polar surface area (TPSA) is 26.3 Å². The molecule has 1 unspecified atom stereocenters. The quantitative estimate of drug-likeness (QED) is 0.611. The Labute approximate surface area is 124 Å². The zero-order valence-corrected chi connectivity index (χ0v) is 12.4. The lowest BCUT2D eigenvalue weighted by molar-refractivity contribution is -0.142. The lowest BCUT2D eigenvalue weighted by Crippen LogP contribution is -2.12. The van der Waals surface area contributed by atoms with E-state index in [4.69, 9.17) is 16.3 Å². The number of carbonyl (C=O) groups is 1. The van der Waals surface area contributed by atoms with E-state index in [1.54, 1.807) is 6.92 Å². The van der Waals surface area contributed by atoms with Crippen molar-refractivity contribution < 1.29 is 9.53 Å². The van der Waals surface area contributed by atoms with Gasteiger partial charge < -0.3 is 4.74 Å². The van der Waals surface area contributed by atoms with Crippen molar-refractivity contribution in [1.82, 2.24) is 0 Å². The largest absolute Gasteiger partial charge is 0.465 e. The van der Waals surface area contributed by atoms with Crippen LogP contribution in [0.2, 0.25) is 0 Å². The van der Waals surface area contributed by atoms with E-state index in [9.17, 15) is 4.79 Å². The second-order valence-corrected chi connectivity index (χ2v) is 4.99. The molecule has 0 aliphatic rings. The second kappa shape index (κ2) is 6.58. The van der Waals surface area contributed by atoms with Gasteiger partial charge in [-0.15, -0.1) is 11.6 Å². The van der Waals surface area contributed by atoms with Gasteiger partial charge in [-0.3, -0.25) is 4.79 Å². The zero-order valence-electron chi connectivity index (χ0n) is 11.6. The number of aryl methyl sites for hydroxylation is 1. The summed E-state index contributed by atoms with van der Waals surface area (Å²) >= 11 is 6.16. The molecule has 104 valence electrons. The smallest absolute Gasteiger partial charge is 0.328 e. The van der Waals surface area contributed by atoms with E-state index < -0.39 is 11.3 Å². The SMILES string of the molecule is CCOC(=O)C(Cl)c1ccc(-c2ccccc2)cc1C. The maximum Gasteiger partial charge on any atom is 0.328 e. The van der Waals surface area contributed by atoms with E-state index in [1.165, 1.54) is 0 Å². The van der Waals surface area contributed by atoms with Crippen LogP contribution in [0.3, 0.4) is 0 Å². The van der Waals surface area contributed by atoms with Crippen molar-refractivity contribution in [1.29, 1.82) is 0 Å². The molecule has 2 aromatic rings. The van der Waals surface area contributed by atoms with Crippen molar-refractivity contribution in [3.8, 4) is 11.1 Å². The van der Waals surface area contributed by atoms with Gasteiger partial charge in [-0.1, -0.05) is 48.5 Å². The lowest BCUT2D eigenvalue weighted by atomic mass is 9.98. The number of hydrogen-bond donors (Lipinski definition) is 0. The fraction of sp³-hybridized carbons (Fsp3) is 0.235. The molecule has 0 aromatic heterocycles. The maximum absolute atomic E-state index is 11.7. The van der Waals surface area contributed by atoms with Gasteiger partial charge in [0.05, 0.1) is 6.61 Å². The molecule has 0 aliphatic carbocycles. The zero-order chi connectivity index (χ0) is 14.5. The van der Waals surface area contributed by atoms with Gasteiger partial charge >= 0.3 is 5.97 Å². The van der Waals surface area contributed by atoms with Crippen LogP contribution in [0.4, 0.5) is 0 Å². The standard InChI is InChI=1S/C17H17ClO2/c1-3-20-17(19)16(18)15-10-9-14(11-12(15)2)13-7-5-4-6-8-13/h4-11,16H,3H2,1-2H3. The summed E-state index contributed by atoms with van der Waals surface area (Å²) in [5.74, 6) is -0.398. The van der Waals surface area contributed by atoms with Gasteiger partial charge in [-0.05, 0) is 36.1 Å². The first-order valence-corrected chi connectivity index (χ1v) is 7.03. The molecule has 0 saturated heterocycles. The number of rotatable bonds is 4. The summed E-state index contributed by atoms with van der Waals surface area (Å²) in [4.78, 5) is 11.7. The van der Waals surface area contributed by atoms with Crippen molar-refractivity contribution in [2.75, 3.05) is 6.61 Å². The Morgan fingerprint density at radius 3 is 2.45 bits per heavy atom. The van der Waals surface area contributed by atoms with E-state index in [0.29, 0.717) is 6.61 Å². The summed E-state index contributed by atoms with van der Waals surface area (Å²) in [6, 6.07) is 16.0. The summed E-state index contributed by atoms with van der Waals surface area (Å²) in [6.45, 7) is 4.06. The fourth-order valence-corrected chi connectivity index (χ4v) is 2.42. The molecule has 2 aromatic carbocycles. The lowest BCUT2D eigenvalue weighted by Gasteiger charge is -2.13. The molecule has 0 aliphatic heterocycles. The van der Waals surface area contributed by atoms with Crippen molar-refractivity contribution in [3.05, 3.63) is 59.7 Å². The van der Waals surface area contributed by atoms with Gasteiger partial charge in [0.2, 0.25) is 0 Å². The molecule has 0 amide bonds. The van der Waals surface area contributed by atoms with Crippen LogP contribution >= 0.6 is 11.6 Å². The van der Waals surface area contributed by atoms with E-state index in [-0.39, 0.29) is 0 Å². The van der Waals surface area contributed by atoms with Crippen molar-refractivity contribution in [2.45, 2.75) is 19.2 Å².